The lowest BCUT2D eigenvalue weighted by Gasteiger charge is -2.20. The molecule has 2 aliphatic rings. The Morgan fingerprint density at radius 3 is 2.85 bits per heavy atom. The van der Waals surface area contributed by atoms with Crippen LogP contribution in [0.25, 0.3) is 0 Å². The van der Waals surface area contributed by atoms with Gasteiger partial charge in [0.1, 0.15) is 5.75 Å². The topological polar surface area (TPSA) is 49.8 Å². The summed E-state index contributed by atoms with van der Waals surface area (Å²) < 4.78 is 5.30. The average molecular weight is 275 g/mol. The second-order valence-electron chi connectivity index (χ2n) is 5.98. The van der Waals surface area contributed by atoms with E-state index in [2.05, 4.69) is 0 Å². The van der Waals surface area contributed by atoms with Crippen LogP contribution in [-0.2, 0) is 0 Å². The fourth-order valence-corrected chi connectivity index (χ4v) is 3.56. The molecule has 20 heavy (non-hydrogen) atoms. The molecule has 0 aromatic heterocycles. The number of aryl methyl sites for hydroxylation is 1. The second kappa shape index (κ2) is 5.09. The van der Waals surface area contributed by atoms with Crippen LogP contribution in [0.4, 0.5) is 0 Å². The van der Waals surface area contributed by atoms with Crippen LogP contribution >= 0.6 is 0 Å². The number of carbonyl (C=O) groups is 1. The van der Waals surface area contributed by atoms with Crippen molar-refractivity contribution in [1.29, 1.82) is 0 Å². The van der Waals surface area contributed by atoms with Crippen molar-refractivity contribution in [2.45, 2.75) is 25.9 Å². The lowest BCUT2D eigenvalue weighted by atomic mass is 10.00. The van der Waals surface area contributed by atoms with Crippen LogP contribution in [0.15, 0.2) is 18.2 Å². The van der Waals surface area contributed by atoms with E-state index in [1.165, 1.54) is 0 Å². The van der Waals surface area contributed by atoms with Gasteiger partial charge in [0, 0.05) is 19.0 Å². The molecule has 3 atom stereocenters. The molecule has 1 N–H and O–H groups in total. The van der Waals surface area contributed by atoms with E-state index in [0.29, 0.717) is 23.8 Å². The number of nitrogens with zero attached hydrogens (tertiary/aromatic N) is 1. The van der Waals surface area contributed by atoms with Gasteiger partial charge in [-0.1, -0.05) is 11.6 Å². The van der Waals surface area contributed by atoms with Crippen molar-refractivity contribution in [3.05, 3.63) is 29.3 Å². The molecule has 0 bridgehead atoms. The van der Waals surface area contributed by atoms with E-state index in [9.17, 15) is 9.90 Å². The van der Waals surface area contributed by atoms with Crippen molar-refractivity contribution in [2.24, 2.45) is 11.8 Å². The summed E-state index contributed by atoms with van der Waals surface area (Å²) in [6, 6.07) is 5.66. The molecule has 1 saturated heterocycles. The van der Waals surface area contributed by atoms with Gasteiger partial charge in [0.05, 0.1) is 18.8 Å². The van der Waals surface area contributed by atoms with Crippen molar-refractivity contribution in [3.8, 4) is 5.75 Å². The van der Waals surface area contributed by atoms with Gasteiger partial charge in [-0.15, -0.1) is 0 Å². The van der Waals surface area contributed by atoms with Crippen LogP contribution in [0.1, 0.15) is 28.8 Å². The molecule has 1 aliphatic heterocycles. The molecule has 4 heteroatoms. The van der Waals surface area contributed by atoms with Gasteiger partial charge in [-0.25, -0.2) is 0 Å². The largest absolute Gasteiger partial charge is 0.496 e. The molecular formula is C16H21NO3. The number of methoxy groups -OCH3 is 1. The predicted octanol–water partition coefficient (Wildman–Crippen LogP) is 1.85. The van der Waals surface area contributed by atoms with E-state index >= 15 is 0 Å². The van der Waals surface area contributed by atoms with E-state index in [0.717, 1.165) is 24.9 Å². The predicted molar refractivity (Wildman–Crippen MR) is 75.9 cm³/mol. The summed E-state index contributed by atoms with van der Waals surface area (Å²) >= 11 is 0. The minimum atomic E-state index is -0.239. The zero-order valence-electron chi connectivity index (χ0n) is 12.0. The highest BCUT2D eigenvalue weighted by Crippen LogP contribution is 2.39. The third-order valence-electron chi connectivity index (χ3n) is 4.69. The third-order valence-corrected chi connectivity index (χ3v) is 4.69. The Morgan fingerprint density at radius 2 is 2.15 bits per heavy atom. The first kappa shape index (κ1) is 13.4. The van der Waals surface area contributed by atoms with Gasteiger partial charge in [-0.05, 0) is 37.8 Å². The summed E-state index contributed by atoms with van der Waals surface area (Å²) in [5.41, 5.74) is 1.68. The van der Waals surface area contributed by atoms with E-state index in [-0.39, 0.29) is 17.9 Å². The Morgan fingerprint density at radius 1 is 1.35 bits per heavy atom. The maximum atomic E-state index is 12.7. The number of hydrogen-bond donors (Lipinski definition) is 1. The Kier molecular flexibility index (Phi) is 3.42. The van der Waals surface area contributed by atoms with Gasteiger partial charge in [-0.3, -0.25) is 4.79 Å². The van der Waals surface area contributed by atoms with Crippen molar-refractivity contribution in [3.63, 3.8) is 0 Å². The Bertz CT molecular complexity index is 528. The molecule has 2 fully saturated rings. The number of aliphatic hydroxyl groups excluding tert-OH is 1. The second-order valence-corrected chi connectivity index (χ2v) is 5.98. The molecule has 1 amide bonds. The van der Waals surface area contributed by atoms with Crippen LogP contribution in [0.2, 0.25) is 0 Å². The molecule has 1 aromatic rings. The lowest BCUT2D eigenvalue weighted by Crippen LogP contribution is -2.31. The maximum absolute atomic E-state index is 12.7. The number of carbonyl (C=O) groups excluding carboxylic acids is 1. The number of likely N-dealkylation sites (tertiary alicyclic amines) is 1. The standard InChI is InChI=1S/C16H21NO3/c1-10-3-6-15(20-2)12(7-10)16(19)17-8-11-4-5-14(18)13(11)9-17/h3,6-7,11,13-14,18H,4-5,8-9H2,1-2H3. The first-order valence-electron chi connectivity index (χ1n) is 7.22. The van der Waals surface area contributed by atoms with Crippen molar-refractivity contribution >= 4 is 5.91 Å². The summed E-state index contributed by atoms with van der Waals surface area (Å²) in [4.78, 5) is 14.6. The first-order chi connectivity index (χ1) is 9.60. The highest BCUT2D eigenvalue weighted by molar-refractivity contribution is 5.97. The molecule has 0 spiro atoms. The summed E-state index contributed by atoms with van der Waals surface area (Å²) in [6.07, 6.45) is 1.67. The highest BCUT2D eigenvalue weighted by Gasteiger charge is 2.43. The molecule has 3 rings (SSSR count). The number of hydrogen-bond acceptors (Lipinski definition) is 3. The van der Waals surface area contributed by atoms with Crippen LogP contribution in [0.5, 0.6) is 5.75 Å². The Hall–Kier alpha value is -1.55. The van der Waals surface area contributed by atoms with Gasteiger partial charge < -0.3 is 14.7 Å². The zero-order valence-corrected chi connectivity index (χ0v) is 12.0. The molecule has 1 aliphatic carbocycles. The van der Waals surface area contributed by atoms with E-state index in [1.54, 1.807) is 7.11 Å². The van der Waals surface area contributed by atoms with Gasteiger partial charge in [0.15, 0.2) is 0 Å². The number of rotatable bonds is 2. The molecule has 0 radical (unpaired) electrons. The molecular weight excluding hydrogens is 254 g/mol. The Labute approximate surface area is 119 Å². The summed E-state index contributed by atoms with van der Waals surface area (Å²) in [6.45, 7) is 3.40. The van der Waals surface area contributed by atoms with Crippen molar-refractivity contribution in [1.82, 2.24) is 4.90 Å². The smallest absolute Gasteiger partial charge is 0.257 e. The van der Waals surface area contributed by atoms with Crippen LogP contribution in [-0.4, -0.2) is 42.2 Å². The maximum Gasteiger partial charge on any atom is 0.257 e. The number of amides is 1. The minimum Gasteiger partial charge on any atom is -0.496 e. The fourth-order valence-electron chi connectivity index (χ4n) is 3.56. The molecule has 1 heterocycles. The minimum absolute atomic E-state index is 0.0205. The molecule has 1 aromatic carbocycles. The quantitative estimate of drug-likeness (QED) is 0.896. The number of fused-ring (bicyclic) bond motifs is 1. The molecule has 3 unspecified atom stereocenters. The van der Waals surface area contributed by atoms with Crippen LogP contribution in [0, 0.1) is 18.8 Å². The fraction of sp³-hybridized carbons (Fsp3) is 0.562. The first-order valence-corrected chi connectivity index (χ1v) is 7.22. The zero-order chi connectivity index (χ0) is 14.3. The van der Waals surface area contributed by atoms with Gasteiger partial charge in [0.2, 0.25) is 0 Å². The summed E-state index contributed by atoms with van der Waals surface area (Å²) in [5.74, 6) is 1.37. The molecule has 4 nitrogen and oxygen atoms in total. The lowest BCUT2D eigenvalue weighted by molar-refractivity contribution is 0.0749. The van der Waals surface area contributed by atoms with Crippen molar-refractivity contribution in [2.75, 3.05) is 20.2 Å². The summed E-state index contributed by atoms with van der Waals surface area (Å²) in [7, 11) is 1.59. The average Bonchev–Trinajstić information content (AvgIpc) is 3.00. The summed E-state index contributed by atoms with van der Waals surface area (Å²) in [5, 5.41) is 9.95. The number of benzene rings is 1. The van der Waals surface area contributed by atoms with E-state index in [1.807, 2.05) is 30.0 Å². The highest BCUT2D eigenvalue weighted by atomic mass is 16.5. The van der Waals surface area contributed by atoms with Gasteiger partial charge >= 0.3 is 0 Å². The normalized spacial score (nSPS) is 28.6. The molecule has 1 saturated carbocycles. The SMILES string of the molecule is COc1ccc(C)cc1C(=O)N1CC2CCC(O)C2C1. The van der Waals surface area contributed by atoms with E-state index in [4.69, 9.17) is 4.74 Å². The van der Waals surface area contributed by atoms with E-state index < -0.39 is 0 Å². The van der Waals surface area contributed by atoms with Crippen LogP contribution in [0.3, 0.4) is 0 Å². The van der Waals surface area contributed by atoms with Gasteiger partial charge in [0.25, 0.3) is 5.91 Å². The number of aliphatic hydroxyl groups is 1. The van der Waals surface area contributed by atoms with Crippen molar-refractivity contribution < 1.29 is 14.6 Å². The molecule has 108 valence electrons. The third kappa shape index (κ3) is 2.18. The monoisotopic (exact) mass is 275 g/mol. The van der Waals surface area contributed by atoms with Gasteiger partial charge in [-0.2, -0.15) is 0 Å². The Balaban J connectivity index is 1.82. The van der Waals surface area contributed by atoms with Crippen LogP contribution < -0.4 is 4.74 Å². The number of ether oxygens (including phenoxy) is 1.